The summed E-state index contributed by atoms with van der Waals surface area (Å²) in [5, 5.41) is 8.82. The Kier molecular flexibility index (Phi) is 6.07. The molecule has 3 aromatic rings. The molecule has 1 N–H and O–H groups in total. The minimum atomic E-state index is -1.04. The van der Waals surface area contributed by atoms with Crippen molar-refractivity contribution in [2.45, 2.75) is 13.3 Å². The number of carboxylic acid groups (broad SMARTS) is 1. The number of nitrogens with zero attached hydrogens (tertiary/aromatic N) is 1. The second kappa shape index (κ2) is 8.86. The highest BCUT2D eigenvalue weighted by molar-refractivity contribution is 6.01. The van der Waals surface area contributed by atoms with Crippen molar-refractivity contribution >= 4 is 23.3 Å². The fourth-order valence-corrected chi connectivity index (χ4v) is 2.98. The SMILES string of the molecule is Cc1c(CC(=O)N(c2ccccc2)c2ccccc2)cccc1OCC(=O)O. The van der Waals surface area contributed by atoms with Crippen LogP contribution in [0.25, 0.3) is 0 Å². The minimum absolute atomic E-state index is 0.0871. The molecule has 0 atom stereocenters. The zero-order valence-electron chi connectivity index (χ0n) is 15.5. The van der Waals surface area contributed by atoms with Gasteiger partial charge < -0.3 is 9.84 Å². The summed E-state index contributed by atoms with van der Waals surface area (Å²) in [6.45, 7) is 1.41. The third kappa shape index (κ3) is 4.57. The van der Waals surface area contributed by atoms with Gasteiger partial charge in [-0.2, -0.15) is 0 Å². The van der Waals surface area contributed by atoms with Crippen molar-refractivity contribution in [2.75, 3.05) is 11.5 Å². The highest BCUT2D eigenvalue weighted by Crippen LogP contribution is 2.28. The summed E-state index contributed by atoms with van der Waals surface area (Å²) in [6, 6.07) is 24.3. The molecule has 0 spiro atoms. The molecule has 5 nitrogen and oxygen atoms in total. The van der Waals surface area contributed by atoms with Crippen LogP contribution in [0.3, 0.4) is 0 Å². The van der Waals surface area contributed by atoms with Crippen molar-refractivity contribution in [1.29, 1.82) is 0 Å². The van der Waals surface area contributed by atoms with E-state index < -0.39 is 12.6 Å². The highest BCUT2D eigenvalue weighted by atomic mass is 16.5. The molecule has 0 aliphatic heterocycles. The van der Waals surface area contributed by atoms with Crippen LogP contribution in [0.5, 0.6) is 5.75 Å². The van der Waals surface area contributed by atoms with E-state index in [2.05, 4.69) is 0 Å². The summed E-state index contributed by atoms with van der Waals surface area (Å²) in [7, 11) is 0. The molecule has 0 radical (unpaired) electrons. The van der Waals surface area contributed by atoms with Crippen molar-refractivity contribution in [2.24, 2.45) is 0 Å². The number of carboxylic acids is 1. The number of carbonyl (C=O) groups is 2. The van der Waals surface area contributed by atoms with E-state index in [1.54, 1.807) is 17.0 Å². The standard InChI is InChI=1S/C23H21NO4/c1-17-18(9-8-14-21(17)28-16-23(26)27)15-22(25)24(19-10-4-2-5-11-19)20-12-6-3-7-13-20/h2-14H,15-16H2,1H3,(H,26,27). The Morgan fingerprint density at radius 2 is 1.43 bits per heavy atom. The van der Waals surface area contributed by atoms with Crippen molar-refractivity contribution in [1.82, 2.24) is 0 Å². The Bertz CT molecular complexity index is 915. The monoisotopic (exact) mass is 375 g/mol. The second-order valence-electron chi connectivity index (χ2n) is 6.30. The number of benzene rings is 3. The summed E-state index contributed by atoms with van der Waals surface area (Å²) in [6.07, 6.45) is 0.167. The van der Waals surface area contributed by atoms with E-state index in [-0.39, 0.29) is 12.3 Å². The summed E-state index contributed by atoms with van der Waals surface area (Å²) in [5.74, 6) is -0.658. The maximum Gasteiger partial charge on any atom is 0.341 e. The van der Waals surface area contributed by atoms with Crippen LogP contribution in [0, 0.1) is 6.92 Å². The fourth-order valence-electron chi connectivity index (χ4n) is 2.98. The topological polar surface area (TPSA) is 66.8 Å². The van der Waals surface area contributed by atoms with Gasteiger partial charge in [-0.15, -0.1) is 0 Å². The van der Waals surface area contributed by atoms with Gasteiger partial charge in [0.1, 0.15) is 5.75 Å². The molecule has 0 saturated heterocycles. The van der Waals surface area contributed by atoms with E-state index in [1.807, 2.05) is 73.7 Å². The molecule has 3 rings (SSSR count). The number of hydrogen-bond acceptors (Lipinski definition) is 3. The summed E-state index contributed by atoms with van der Waals surface area (Å²) < 4.78 is 5.33. The van der Waals surface area contributed by atoms with Gasteiger partial charge in [-0.05, 0) is 48.4 Å². The Morgan fingerprint density at radius 1 is 0.857 bits per heavy atom. The predicted octanol–water partition coefficient (Wildman–Crippen LogP) is 4.37. The first-order chi connectivity index (χ1) is 13.6. The quantitative estimate of drug-likeness (QED) is 0.666. The van der Waals surface area contributed by atoms with Crippen LogP contribution in [-0.2, 0) is 16.0 Å². The molecular formula is C23H21NO4. The highest BCUT2D eigenvalue weighted by Gasteiger charge is 2.19. The van der Waals surface area contributed by atoms with Gasteiger partial charge in [0, 0.05) is 11.4 Å². The summed E-state index contributed by atoms with van der Waals surface area (Å²) in [5.41, 5.74) is 3.13. The summed E-state index contributed by atoms with van der Waals surface area (Å²) in [4.78, 5) is 25.7. The number of aliphatic carboxylic acids is 1. The number of hydrogen-bond donors (Lipinski definition) is 1. The average Bonchev–Trinajstić information content (AvgIpc) is 2.70. The normalized spacial score (nSPS) is 10.3. The molecule has 1 amide bonds. The van der Waals surface area contributed by atoms with Crippen molar-refractivity contribution < 1.29 is 19.4 Å². The third-order valence-electron chi connectivity index (χ3n) is 4.37. The van der Waals surface area contributed by atoms with E-state index in [0.717, 1.165) is 22.5 Å². The van der Waals surface area contributed by atoms with Gasteiger partial charge in [-0.25, -0.2) is 4.79 Å². The lowest BCUT2D eigenvalue weighted by Crippen LogP contribution is -2.27. The van der Waals surface area contributed by atoms with Crippen molar-refractivity contribution in [3.05, 3.63) is 90.0 Å². The van der Waals surface area contributed by atoms with Gasteiger partial charge in [0.25, 0.3) is 0 Å². The Morgan fingerprint density at radius 3 is 1.96 bits per heavy atom. The lowest BCUT2D eigenvalue weighted by atomic mass is 10.0. The number of para-hydroxylation sites is 2. The van der Waals surface area contributed by atoms with Crippen LogP contribution in [-0.4, -0.2) is 23.6 Å². The van der Waals surface area contributed by atoms with Gasteiger partial charge in [-0.3, -0.25) is 9.69 Å². The predicted molar refractivity (Wildman–Crippen MR) is 108 cm³/mol. The molecular weight excluding hydrogens is 354 g/mol. The number of rotatable bonds is 7. The van der Waals surface area contributed by atoms with Crippen molar-refractivity contribution in [3.8, 4) is 5.75 Å². The van der Waals surface area contributed by atoms with E-state index in [1.165, 1.54) is 0 Å². The van der Waals surface area contributed by atoms with Crippen LogP contribution < -0.4 is 9.64 Å². The molecule has 0 unspecified atom stereocenters. The van der Waals surface area contributed by atoms with Gasteiger partial charge >= 0.3 is 5.97 Å². The molecule has 142 valence electrons. The maximum absolute atomic E-state index is 13.2. The molecule has 28 heavy (non-hydrogen) atoms. The van der Waals surface area contributed by atoms with E-state index in [9.17, 15) is 9.59 Å². The lowest BCUT2D eigenvalue weighted by Gasteiger charge is -2.23. The first-order valence-corrected chi connectivity index (χ1v) is 8.92. The van der Waals surface area contributed by atoms with Gasteiger partial charge in [0.2, 0.25) is 5.91 Å². The zero-order valence-corrected chi connectivity index (χ0v) is 15.5. The van der Waals surface area contributed by atoms with Gasteiger partial charge in [0.15, 0.2) is 6.61 Å². The van der Waals surface area contributed by atoms with Crippen LogP contribution in [0.15, 0.2) is 78.9 Å². The van der Waals surface area contributed by atoms with Gasteiger partial charge in [-0.1, -0.05) is 48.5 Å². The Balaban J connectivity index is 1.89. The van der Waals surface area contributed by atoms with Crippen LogP contribution >= 0.6 is 0 Å². The van der Waals surface area contributed by atoms with E-state index >= 15 is 0 Å². The average molecular weight is 375 g/mol. The molecule has 0 aliphatic rings. The summed E-state index contributed by atoms with van der Waals surface area (Å²) >= 11 is 0. The van der Waals surface area contributed by atoms with Crippen LogP contribution in [0.1, 0.15) is 11.1 Å². The Labute approximate surface area is 163 Å². The second-order valence-corrected chi connectivity index (χ2v) is 6.30. The van der Waals surface area contributed by atoms with Crippen LogP contribution in [0.2, 0.25) is 0 Å². The van der Waals surface area contributed by atoms with Crippen LogP contribution in [0.4, 0.5) is 11.4 Å². The first kappa shape index (κ1) is 19.2. The Hall–Kier alpha value is -3.60. The number of carbonyl (C=O) groups excluding carboxylic acids is 1. The minimum Gasteiger partial charge on any atom is -0.482 e. The maximum atomic E-state index is 13.2. The number of anilines is 2. The smallest absolute Gasteiger partial charge is 0.341 e. The van der Waals surface area contributed by atoms with Gasteiger partial charge in [0.05, 0.1) is 6.42 Å². The lowest BCUT2D eigenvalue weighted by molar-refractivity contribution is -0.139. The van der Waals surface area contributed by atoms with E-state index in [4.69, 9.17) is 9.84 Å². The molecule has 0 aliphatic carbocycles. The van der Waals surface area contributed by atoms with E-state index in [0.29, 0.717) is 5.75 Å². The molecule has 3 aromatic carbocycles. The molecule has 0 fully saturated rings. The number of amides is 1. The molecule has 5 heteroatoms. The third-order valence-corrected chi connectivity index (χ3v) is 4.37. The molecule has 0 saturated carbocycles. The van der Waals surface area contributed by atoms with Crippen molar-refractivity contribution in [3.63, 3.8) is 0 Å². The fraction of sp³-hybridized carbons (Fsp3) is 0.130. The first-order valence-electron chi connectivity index (χ1n) is 8.92. The molecule has 0 bridgehead atoms. The molecule has 0 aromatic heterocycles. The zero-order chi connectivity index (χ0) is 19.9. The molecule has 0 heterocycles. The number of ether oxygens (including phenoxy) is 1. The largest absolute Gasteiger partial charge is 0.482 e.